The number of hydrogen-bond acceptors (Lipinski definition) is 4. The molecule has 122 valence electrons. The van der Waals surface area contributed by atoms with Gasteiger partial charge in [0.2, 0.25) is 0 Å². The van der Waals surface area contributed by atoms with E-state index in [1.165, 1.54) is 12.1 Å². The highest BCUT2D eigenvalue weighted by Crippen LogP contribution is 2.27. The van der Waals surface area contributed by atoms with Crippen LogP contribution >= 0.6 is 0 Å². The van der Waals surface area contributed by atoms with Crippen molar-refractivity contribution >= 4 is 5.82 Å². The summed E-state index contributed by atoms with van der Waals surface area (Å²) in [6.45, 7) is 1.89. The van der Waals surface area contributed by atoms with Gasteiger partial charge in [0.1, 0.15) is 17.4 Å². The number of benzene rings is 2. The third kappa shape index (κ3) is 3.68. The first-order valence-corrected chi connectivity index (χ1v) is 7.60. The Hall–Kier alpha value is -2.95. The Labute approximate surface area is 140 Å². The van der Waals surface area contributed by atoms with Gasteiger partial charge in [0.05, 0.1) is 25.0 Å². The molecule has 0 radical (unpaired) electrons. The molecule has 0 saturated carbocycles. The van der Waals surface area contributed by atoms with Crippen molar-refractivity contribution in [1.29, 1.82) is 0 Å². The van der Waals surface area contributed by atoms with Crippen LogP contribution in [0.3, 0.4) is 0 Å². The molecule has 3 rings (SSSR count). The number of rotatable bonds is 5. The number of ether oxygens (including phenoxy) is 1. The molecule has 0 aliphatic heterocycles. The van der Waals surface area contributed by atoms with Gasteiger partial charge in [0, 0.05) is 6.20 Å². The average Bonchev–Trinajstić information content (AvgIpc) is 2.61. The quantitative estimate of drug-likeness (QED) is 0.767. The Morgan fingerprint density at radius 3 is 2.17 bits per heavy atom. The fourth-order valence-electron chi connectivity index (χ4n) is 2.49. The molecule has 1 N–H and O–H groups in total. The second-order valence-electron chi connectivity index (χ2n) is 5.45. The topological polar surface area (TPSA) is 47.0 Å². The average molecular weight is 323 g/mol. The SMILES string of the molecule is COc1ccc(C(Nc2cncc(C)n2)c2ccc(F)cc2)cc1. The molecule has 0 amide bonds. The highest BCUT2D eigenvalue weighted by Gasteiger charge is 2.15. The maximum Gasteiger partial charge on any atom is 0.145 e. The molecular formula is C19H18FN3O. The molecule has 0 saturated heterocycles. The molecule has 4 nitrogen and oxygen atoms in total. The summed E-state index contributed by atoms with van der Waals surface area (Å²) in [5.41, 5.74) is 2.78. The number of anilines is 1. The first-order chi connectivity index (χ1) is 11.7. The highest BCUT2D eigenvalue weighted by molar-refractivity contribution is 5.44. The summed E-state index contributed by atoms with van der Waals surface area (Å²) >= 11 is 0. The van der Waals surface area contributed by atoms with Crippen molar-refractivity contribution < 1.29 is 9.13 Å². The second kappa shape index (κ2) is 7.08. The summed E-state index contributed by atoms with van der Waals surface area (Å²) in [5, 5.41) is 3.37. The molecule has 5 heteroatoms. The lowest BCUT2D eigenvalue weighted by Gasteiger charge is -2.20. The van der Waals surface area contributed by atoms with E-state index in [1.807, 2.05) is 31.2 Å². The monoisotopic (exact) mass is 323 g/mol. The van der Waals surface area contributed by atoms with Crippen LogP contribution in [-0.4, -0.2) is 17.1 Å². The van der Waals surface area contributed by atoms with Crippen LogP contribution in [0.4, 0.5) is 10.2 Å². The van der Waals surface area contributed by atoms with Gasteiger partial charge in [0.25, 0.3) is 0 Å². The highest BCUT2D eigenvalue weighted by atomic mass is 19.1. The molecule has 0 fully saturated rings. The van der Waals surface area contributed by atoms with Crippen molar-refractivity contribution in [3.05, 3.63) is 83.6 Å². The van der Waals surface area contributed by atoms with Gasteiger partial charge in [-0.3, -0.25) is 4.98 Å². The van der Waals surface area contributed by atoms with Crippen LogP contribution in [0.1, 0.15) is 22.9 Å². The molecule has 1 unspecified atom stereocenters. The lowest BCUT2D eigenvalue weighted by atomic mass is 9.98. The molecule has 24 heavy (non-hydrogen) atoms. The van der Waals surface area contributed by atoms with Crippen molar-refractivity contribution in [2.45, 2.75) is 13.0 Å². The number of methoxy groups -OCH3 is 1. The zero-order chi connectivity index (χ0) is 16.9. The Balaban J connectivity index is 1.97. The largest absolute Gasteiger partial charge is 0.497 e. The van der Waals surface area contributed by atoms with E-state index in [2.05, 4.69) is 15.3 Å². The standard InChI is InChI=1S/C19H18FN3O/c1-13-11-21-12-18(22-13)23-19(14-3-7-16(20)8-4-14)15-5-9-17(24-2)10-6-15/h3-12,19H,1-2H3,(H,22,23). The first-order valence-electron chi connectivity index (χ1n) is 7.60. The molecule has 0 spiro atoms. The van der Waals surface area contributed by atoms with E-state index in [0.717, 1.165) is 22.6 Å². The molecule has 0 aliphatic carbocycles. The molecule has 1 heterocycles. The fourth-order valence-corrected chi connectivity index (χ4v) is 2.49. The normalized spacial score (nSPS) is 11.8. The Kier molecular flexibility index (Phi) is 4.70. The summed E-state index contributed by atoms with van der Waals surface area (Å²) in [7, 11) is 1.63. The number of nitrogens with one attached hydrogen (secondary N) is 1. The summed E-state index contributed by atoms with van der Waals surface area (Å²) in [6.07, 6.45) is 3.37. The Morgan fingerprint density at radius 2 is 1.58 bits per heavy atom. The smallest absolute Gasteiger partial charge is 0.145 e. The third-order valence-corrected chi connectivity index (χ3v) is 3.70. The van der Waals surface area contributed by atoms with Gasteiger partial charge >= 0.3 is 0 Å². The van der Waals surface area contributed by atoms with Gasteiger partial charge in [-0.05, 0) is 42.3 Å². The predicted octanol–water partition coefficient (Wildman–Crippen LogP) is 4.13. The number of aromatic nitrogens is 2. The molecule has 1 aromatic heterocycles. The molecule has 2 aromatic carbocycles. The maximum absolute atomic E-state index is 13.3. The molecule has 0 bridgehead atoms. The van der Waals surface area contributed by atoms with Crippen LogP contribution in [0.2, 0.25) is 0 Å². The summed E-state index contributed by atoms with van der Waals surface area (Å²) in [4.78, 5) is 8.60. The van der Waals surface area contributed by atoms with Crippen LogP contribution in [0.25, 0.3) is 0 Å². The Bertz CT molecular complexity index is 804. The molecule has 3 aromatic rings. The van der Waals surface area contributed by atoms with E-state index in [9.17, 15) is 4.39 Å². The van der Waals surface area contributed by atoms with Gasteiger partial charge in [0.15, 0.2) is 0 Å². The molecular weight excluding hydrogens is 305 g/mol. The van der Waals surface area contributed by atoms with Gasteiger partial charge in [-0.15, -0.1) is 0 Å². The van der Waals surface area contributed by atoms with Gasteiger partial charge in [-0.2, -0.15) is 0 Å². The van der Waals surface area contributed by atoms with Gasteiger partial charge < -0.3 is 10.1 Å². The van der Waals surface area contributed by atoms with Crippen LogP contribution in [0.15, 0.2) is 60.9 Å². The van der Waals surface area contributed by atoms with Crippen molar-refractivity contribution in [2.75, 3.05) is 12.4 Å². The van der Waals surface area contributed by atoms with Crippen molar-refractivity contribution in [2.24, 2.45) is 0 Å². The minimum Gasteiger partial charge on any atom is -0.497 e. The van der Waals surface area contributed by atoms with Crippen LogP contribution < -0.4 is 10.1 Å². The number of nitrogens with zero attached hydrogens (tertiary/aromatic N) is 2. The van der Waals surface area contributed by atoms with Crippen molar-refractivity contribution in [1.82, 2.24) is 9.97 Å². The van der Waals surface area contributed by atoms with Gasteiger partial charge in [-0.25, -0.2) is 9.37 Å². The third-order valence-electron chi connectivity index (χ3n) is 3.70. The first kappa shape index (κ1) is 15.9. The van der Waals surface area contributed by atoms with Gasteiger partial charge in [-0.1, -0.05) is 24.3 Å². The van der Waals surface area contributed by atoms with Crippen molar-refractivity contribution in [3.8, 4) is 5.75 Å². The molecule has 1 atom stereocenters. The Morgan fingerprint density at radius 1 is 0.958 bits per heavy atom. The van der Waals surface area contributed by atoms with Crippen molar-refractivity contribution in [3.63, 3.8) is 0 Å². The van der Waals surface area contributed by atoms with E-state index in [0.29, 0.717) is 5.82 Å². The summed E-state index contributed by atoms with van der Waals surface area (Å²) < 4.78 is 18.5. The maximum atomic E-state index is 13.3. The van der Waals surface area contributed by atoms with E-state index < -0.39 is 0 Å². The zero-order valence-corrected chi connectivity index (χ0v) is 13.5. The van der Waals surface area contributed by atoms with Crippen LogP contribution in [0.5, 0.6) is 5.75 Å². The lowest BCUT2D eigenvalue weighted by molar-refractivity contribution is 0.414. The number of halogens is 1. The lowest BCUT2D eigenvalue weighted by Crippen LogP contribution is -2.14. The van der Waals surface area contributed by atoms with E-state index in [4.69, 9.17) is 4.74 Å². The van der Waals surface area contributed by atoms with Crippen LogP contribution in [0, 0.1) is 12.7 Å². The fraction of sp³-hybridized carbons (Fsp3) is 0.158. The summed E-state index contributed by atoms with van der Waals surface area (Å²) in [6, 6.07) is 14.0. The minimum atomic E-state index is -0.262. The molecule has 0 aliphatic rings. The summed E-state index contributed by atoms with van der Waals surface area (Å²) in [5.74, 6) is 1.19. The predicted molar refractivity (Wildman–Crippen MR) is 91.6 cm³/mol. The zero-order valence-electron chi connectivity index (χ0n) is 13.5. The minimum absolute atomic E-state index is 0.174. The van der Waals surface area contributed by atoms with E-state index >= 15 is 0 Å². The van der Waals surface area contributed by atoms with E-state index in [-0.39, 0.29) is 11.9 Å². The number of hydrogen-bond donors (Lipinski definition) is 1. The number of aryl methyl sites for hydroxylation is 1. The van der Waals surface area contributed by atoms with E-state index in [1.54, 1.807) is 31.6 Å². The second-order valence-corrected chi connectivity index (χ2v) is 5.45. The van der Waals surface area contributed by atoms with Crippen LogP contribution in [-0.2, 0) is 0 Å².